The molecule has 0 unspecified atom stereocenters. The van der Waals surface area contributed by atoms with Gasteiger partial charge in [0, 0.05) is 12.6 Å². The van der Waals surface area contributed by atoms with Crippen molar-refractivity contribution in [3.8, 4) is 18.1 Å². The Morgan fingerprint density at radius 2 is 1.58 bits per heavy atom. The largest absolute Gasteiger partial charge is 0.495 e. The fraction of sp³-hybridized carbons (Fsp3) is 0.250. The van der Waals surface area contributed by atoms with E-state index in [0.29, 0.717) is 11.5 Å². The summed E-state index contributed by atoms with van der Waals surface area (Å²) in [5.41, 5.74) is 0. The minimum atomic E-state index is 0.708. The van der Waals surface area contributed by atoms with Gasteiger partial charge in [-0.3, -0.25) is 4.98 Å². The molecule has 64 valence electrons. The van der Waals surface area contributed by atoms with Crippen LogP contribution in [0.2, 0.25) is 0 Å². The fourth-order valence-electron chi connectivity index (χ4n) is 0.622. The van der Waals surface area contributed by atoms with Crippen molar-refractivity contribution in [2.45, 2.75) is 0 Å². The van der Waals surface area contributed by atoms with Crippen molar-refractivity contribution in [2.75, 3.05) is 14.2 Å². The van der Waals surface area contributed by atoms with Crippen LogP contribution in [0.15, 0.2) is 18.5 Å². The van der Waals surface area contributed by atoms with E-state index in [9.17, 15) is 0 Å². The molecule has 0 aliphatic rings. The van der Waals surface area contributed by atoms with Gasteiger partial charge in [-0.2, -0.15) is 0 Å². The van der Waals surface area contributed by atoms with Crippen molar-refractivity contribution in [1.29, 1.82) is 5.26 Å². The predicted molar refractivity (Wildman–Crippen MR) is 44.0 cm³/mol. The monoisotopic (exact) mass is 166 g/mol. The minimum absolute atomic E-state index is 0.708. The van der Waals surface area contributed by atoms with E-state index in [2.05, 4.69) is 11.6 Å². The minimum Gasteiger partial charge on any atom is -0.495 e. The quantitative estimate of drug-likeness (QED) is 0.663. The lowest BCUT2D eigenvalue weighted by Crippen LogP contribution is -1.87. The molecule has 0 saturated heterocycles. The van der Waals surface area contributed by atoms with Gasteiger partial charge in [-0.1, -0.05) is 0 Å². The predicted octanol–water partition coefficient (Wildman–Crippen LogP) is 1.24. The molecule has 1 rings (SSSR count). The van der Waals surface area contributed by atoms with Gasteiger partial charge in [0.05, 0.1) is 26.6 Å². The van der Waals surface area contributed by atoms with Crippen LogP contribution < -0.4 is 9.47 Å². The SMILES string of the molecule is C#N.COc1cncc(OC)c1. The molecular weight excluding hydrogens is 156 g/mol. The molecule has 12 heavy (non-hydrogen) atoms. The normalized spacial score (nSPS) is 7.67. The highest BCUT2D eigenvalue weighted by Gasteiger charge is 1.92. The van der Waals surface area contributed by atoms with Crippen molar-refractivity contribution >= 4 is 0 Å². The van der Waals surface area contributed by atoms with Gasteiger partial charge < -0.3 is 9.47 Å². The van der Waals surface area contributed by atoms with E-state index >= 15 is 0 Å². The van der Waals surface area contributed by atoms with Gasteiger partial charge in [0.1, 0.15) is 11.5 Å². The summed E-state index contributed by atoms with van der Waals surface area (Å²) in [4.78, 5) is 3.88. The van der Waals surface area contributed by atoms with E-state index in [-0.39, 0.29) is 0 Å². The van der Waals surface area contributed by atoms with Crippen LogP contribution in [-0.4, -0.2) is 19.2 Å². The van der Waals surface area contributed by atoms with Gasteiger partial charge in [-0.05, 0) is 0 Å². The highest BCUT2D eigenvalue weighted by molar-refractivity contribution is 5.27. The lowest BCUT2D eigenvalue weighted by atomic mass is 10.4. The van der Waals surface area contributed by atoms with Gasteiger partial charge in [0.2, 0.25) is 0 Å². The lowest BCUT2D eigenvalue weighted by molar-refractivity contribution is 0.391. The standard InChI is InChI=1S/C7H9NO2.CHN/c1-9-6-3-7(10-2)5-8-4-6;1-2/h3-5H,1-2H3;1H. The van der Waals surface area contributed by atoms with Gasteiger partial charge in [-0.15, -0.1) is 0 Å². The number of aromatic nitrogens is 1. The number of methoxy groups -OCH3 is 2. The van der Waals surface area contributed by atoms with Crippen molar-refractivity contribution in [3.05, 3.63) is 18.5 Å². The summed E-state index contributed by atoms with van der Waals surface area (Å²) in [6.45, 7) is 3.50. The topological polar surface area (TPSA) is 55.1 Å². The molecule has 1 aromatic heterocycles. The molecule has 0 amide bonds. The fourth-order valence-corrected chi connectivity index (χ4v) is 0.622. The van der Waals surface area contributed by atoms with E-state index in [4.69, 9.17) is 14.7 Å². The van der Waals surface area contributed by atoms with Crippen LogP contribution >= 0.6 is 0 Å². The van der Waals surface area contributed by atoms with Crippen LogP contribution in [0.1, 0.15) is 0 Å². The van der Waals surface area contributed by atoms with Gasteiger partial charge in [0.25, 0.3) is 0 Å². The molecule has 0 radical (unpaired) electrons. The molecule has 0 spiro atoms. The molecule has 0 aromatic carbocycles. The Labute approximate surface area is 71.4 Å². The van der Waals surface area contributed by atoms with Gasteiger partial charge in [-0.25, -0.2) is 5.26 Å². The molecule has 1 aromatic rings. The first-order valence-electron chi connectivity index (χ1n) is 3.15. The Balaban J connectivity index is 0.000000561. The second kappa shape index (κ2) is 5.98. The highest BCUT2D eigenvalue weighted by Crippen LogP contribution is 2.15. The van der Waals surface area contributed by atoms with Crippen LogP contribution in [0.25, 0.3) is 0 Å². The number of ether oxygens (including phenoxy) is 2. The highest BCUT2D eigenvalue weighted by atomic mass is 16.5. The molecule has 0 fully saturated rings. The zero-order valence-electron chi connectivity index (χ0n) is 7.02. The number of pyridine rings is 1. The summed E-state index contributed by atoms with van der Waals surface area (Å²) in [6, 6.07) is 1.77. The Hall–Kier alpha value is -1.76. The van der Waals surface area contributed by atoms with Crippen molar-refractivity contribution in [3.63, 3.8) is 0 Å². The Morgan fingerprint density at radius 1 is 1.17 bits per heavy atom. The Kier molecular flexibility index (Phi) is 5.11. The Bertz CT molecular complexity index is 229. The molecule has 0 saturated carbocycles. The first-order valence-corrected chi connectivity index (χ1v) is 3.15. The van der Waals surface area contributed by atoms with E-state index in [0.717, 1.165) is 0 Å². The first kappa shape index (κ1) is 10.2. The molecule has 0 bridgehead atoms. The van der Waals surface area contributed by atoms with Crippen LogP contribution in [0.4, 0.5) is 0 Å². The van der Waals surface area contributed by atoms with E-state index in [1.165, 1.54) is 0 Å². The molecule has 0 aliphatic carbocycles. The van der Waals surface area contributed by atoms with Gasteiger partial charge in [0.15, 0.2) is 0 Å². The number of nitriles is 1. The van der Waals surface area contributed by atoms with Crippen molar-refractivity contribution in [1.82, 2.24) is 4.98 Å². The van der Waals surface area contributed by atoms with Crippen LogP contribution in [0, 0.1) is 11.8 Å². The Morgan fingerprint density at radius 3 is 1.92 bits per heavy atom. The molecule has 4 heteroatoms. The van der Waals surface area contributed by atoms with Crippen LogP contribution in [0.5, 0.6) is 11.5 Å². The zero-order chi connectivity index (χ0) is 9.40. The van der Waals surface area contributed by atoms with Crippen LogP contribution in [0.3, 0.4) is 0 Å². The molecule has 0 aliphatic heterocycles. The first-order chi connectivity index (χ1) is 5.86. The molecule has 0 N–H and O–H groups in total. The smallest absolute Gasteiger partial charge is 0.140 e. The van der Waals surface area contributed by atoms with Crippen molar-refractivity contribution in [2.24, 2.45) is 0 Å². The third kappa shape index (κ3) is 2.88. The lowest BCUT2D eigenvalue weighted by Gasteiger charge is -2.00. The summed E-state index contributed by atoms with van der Waals surface area (Å²) in [6.07, 6.45) is 3.26. The number of nitrogens with zero attached hydrogens (tertiary/aromatic N) is 2. The number of hydrogen-bond acceptors (Lipinski definition) is 4. The average molecular weight is 166 g/mol. The van der Waals surface area contributed by atoms with E-state index < -0.39 is 0 Å². The summed E-state index contributed by atoms with van der Waals surface area (Å²) in [5.74, 6) is 1.42. The average Bonchev–Trinajstić information content (AvgIpc) is 2.21. The van der Waals surface area contributed by atoms with E-state index in [1.54, 1.807) is 32.7 Å². The van der Waals surface area contributed by atoms with Gasteiger partial charge >= 0.3 is 0 Å². The van der Waals surface area contributed by atoms with E-state index in [1.807, 2.05) is 0 Å². The maximum Gasteiger partial charge on any atom is 0.140 e. The van der Waals surface area contributed by atoms with Crippen molar-refractivity contribution < 1.29 is 9.47 Å². The third-order valence-corrected chi connectivity index (χ3v) is 1.16. The second-order valence-electron chi connectivity index (χ2n) is 1.76. The summed E-state index contributed by atoms with van der Waals surface area (Å²) >= 11 is 0. The molecular formula is C8H10N2O2. The third-order valence-electron chi connectivity index (χ3n) is 1.16. The number of rotatable bonds is 2. The maximum atomic E-state index is 6.50. The zero-order valence-corrected chi connectivity index (χ0v) is 7.02. The number of hydrogen-bond donors (Lipinski definition) is 0. The second-order valence-corrected chi connectivity index (χ2v) is 1.76. The summed E-state index contributed by atoms with van der Waals surface area (Å²) in [7, 11) is 3.19. The maximum absolute atomic E-state index is 6.50. The molecule has 1 heterocycles. The summed E-state index contributed by atoms with van der Waals surface area (Å²) in [5, 5.41) is 6.50. The molecule has 0 atom stereocenters. The summed E-state index contributed by atoms with van der Waals surface area (Å²) < 4.78 is 9.83. The van der Waals surface area contributed by atoms with Crippen LogP contribution in [-0.2, 0) is 0 Å². The molecule has 4 nitrogen and oxygen atoms in total.